The van der Waals surface area contributed by atoms with Crippen molar-refractivity contribution in [1.82, 2.24) is 0 Å². The fourth-order valence-electron chi connectivity index (χ4n) is 0.824. The van der Waals surface area contributed by atoms with Gasteiger partial charge in [0.2, 0.25) is 0 Å². The van der Waals surface area contributed by atoms with Crippen LogP contribution in [0, 0.1) is 20.6 Å². The first-order chi connectivity index (χ1) is 5.11. The van der Waals surface area contributed by atoms with Crippen molar-refractivity contribution in [2.24, 2.45) is 0 Å². The van der Waals surface area contributed by atoms with Gasteiger partial charge in [-0.05, 0) is 41.6 Å². The molecule has 0 bridgehead atoms. The summed E-state index contributed by atoms with van der Waals surface area (Å²) < 4.78 is 1.02. The largest absolute Gasteiger partial charge is 0.272 e. The fourth-order valence-corrected chi connectivity index (χ4v) is 1.47. The molecule has 0 heterocycles. The molecule has 3 nitrogen and oxygen atoms in total. The second kappa shape index (κ2) is 3.17. The lowest BCUT2D eigenvalue weighted by Gasteiger charge is -1.95. The van der Waals surface area contributed by atoms with Crippen molar-refractivity contribution in [3.05, 3.63) is 37.4 Å². The summed E-state index contributed by atoms with van der Waals surface area (Å²) in [6.45, 7) is 1.74. The van der Waals surface area contributed by atoms with Crippen molar-refractivity contribution in [3.8, 4) is 0 Å². The summed E-state index contributed by atoms with van der Waals surface area (Å²) in [6, 6.07) is 5.04. The predicted molar refractivity (Wildman–Crippen MR) is 50.6 cm³/mol. The third-order valence-corrected chi connectivity index (χ3v) is 2.03. The number of hydrogen-bond acceptors (Lipinski definition) is 2. The molecular weight excluding hydrogens is 257 g/mol. The Morgan fingerprint density at radius 1 is 1.55 bits per heavy atom. The van der Waals surface area contributed by atoms with Crippen LogP contribution in [0.2, 0.25) is 0 Å². The van der Waals surface area contributed by atoms with Gasteiger partial charge in [0.05, 0.1) is 4.92 Å². The van der Waals surface area contributed by atoms with Gasteiger partial charge in [-0.3, -0.25) is 10.1 Å². The first-order valence-electron chi connectivity index (χ1n) is 3.02. The topological polar surface area (TPSA) is 43.1 Å². The molecule has 1 aromatic carbocycles. The first-order valence-corrected chi connectivity index (χ1v) is 4.09. The van der Waals surface area contributed by atoms with Crippen molar-refractivity contribution in [2.75, 3.05) is 0 Å². The normalized spacial score (nSPS) is 9.64. The Balaban J connectivity index is 3.20. The maximum absolute atomic E-state index is 10.3. The quantitative estimate of drug-likeness (QED) is 0.444. The van der Waals surface area contributed by atoms with Crippen molar-refractivity contribution >= 4 is 28.3 Å². The number of nitrogens with zero attached hydrogens (tertiary/aromatic N) is 1. The lowest BCUT2D eigenvalue weighted by molar-refractivity contribution is -0.385. The van der Waals surface area contributed by atoms with Crippen LogP contribution in [-0.2, 0) is 0 Å². The molecule has 1 rings (SSSR count). The summed E-state index contributed by atoms with van der Waals surface area (Å²) in [7, 11) is 0. The minimum absolute atomic E-state index is 0.186. The van der Waals surface area contributed by atoms with E-state index >= 15 is 0 Å². The van der Waals surface area contributed by atoms with Gasteiger partial charge in [0.15, 0.2) is 0 Å². The molecule has 0 amide bonds. The maximum Gasteiger partial charge on any atom is 0.272 e. The van der Waals surface area contributed by atoms with Crippen LogP contribution in [0.4, 0.5) is 5.69 Å². The summed E-state index contributed by atoms with van der Waals surface area (Å²) in [5.41, 5.74) is 0.896. The van der Waals surface area contributed by atoms with Gasteiger partial charge in [-0.1, -0.05) is 0 Å². The average Bonchev–Trinajstić information content (AvgIpc) is 1.85. The summed E-state index contributed by atoms with van der Waals surface area (Å²) >= 11 is 2.12. The fraction of sp³-hybridized carbons (Fsp3) is 0.143. The van der Waals surface area contributed by atoms with Crippen LogP contribution in [0.1, 0.15) is 5.56 Å². The molecule has 0 saturated carbocycles. The van der Waals surface area contributed by atoms with Gasteiger partial charge in [0.25, 0.3) is 5.69 Å². The van der Waals surface area contributed by atoms with Crippen molar-refractivity contribution in [3.63, 3.8) is 0 Å². The zero-order valence-electron chi connectivity index (χ0n) is 5.87. The molecule has 0 fully saturated rings. The van der Waals surface area contributed by atoms with E-state index < -0.39 is 0 Å². The molecule has 0 aliphatic heterocycles. The van der Waals surface area contributed by atoms with E-state index in [1.54, 1.807) is 19.1 Å². The Kier molecular flexibility index (Phi) is 2.43. The van der Waals surface area contributed by atoms with Crippen LogP contribution in [0.15, 0.2) is 18.2 Å². The first kappa shape index (κ1) is 8.45. The maximum atomic E-state index is 10.3. The molecule has 0 aliphatic rings. The number of aryl methyl sites for hydroxylation is 1. The van der Waals surface area contributed by atoms with E-state index in [9.17, 15) is 10.1 Å². The van der Waals surface area contributed by atoms with E-state index in [1.807, 2.05) is 0 Å². The highest BCUT2D eigenvalue weighted by Gasteiger charge is 2.08. The van der Waals surface area contributed by atoms with Crippen molar-refractivity contribution in [1.29, 1.82) is 0 Å². The lowest BCUT2D eigenvalue weighted by atomic mass is 10.2. The monoisotopic (exact) mass is 263 g/mol. The van der Waals surface area contributed by atoms with Gasteiger partial charge >= 0.3 is 0 Å². The molecule has 0 unspecified atom stereocenters. The highest BCUT2D eigenvalue weighted by Crippen LogP contribution is 2.19. The van der Waals surface area contributed by atoms with Gasteiger partial charge in [0, 0.05) is 15.2 Å². The van der Waals surface area contributed by atoms with Crippen LogP contribution in [0.3, 0.4) is 0 Å². The molecule has 1 aromatic rings. The summed E-state index contributed by atoms with van der Waals surface area (Å²) in [6.07, 6.45) is 0. The van der Waals surface area contributed by atoms with Crippen LogP contribution in [-0.4, -0.2) is 4.92 Å². The number of benzene rings is 1. The second-order valence-corrected chi connectivity index (χ2v) is 3.43. The standard InChI is InChI=1S/C7H6INO2/c1-5-4-6(8)2-3-7(5)9(10)11/h2-4H,1H3. The van der Waals surface area contributed by atoms with Gasteiger partial charge in [-0.2, -0.15) is 0 Å². The van der Waals surface area contributed by atoms with E-state index in [1.165, 1.54) is 6.07 Å². The van der Waals surface area contributed by atoms with Crippen molar-refractivity contribution < 1.29 is 4.92 Å². The van der Waals surface area contributed by atoms with Crippen LogP contribution in [0.5, 0.6) is 0 Å². The average molecular weight is 263 g/mol. The molecule has 0 aliphatic carbocycles. The number of rotatable bonds is 1. The van der Waals surface area contributed by atoms with Crippen molar-refractivity contribution in [2.45, 2.75) is 6.92 Å². The lowest BCUT2D eigenvalue weighted by Crippen LogP contribution is -1.91. The zero-order chi connectivity index (χ0) is 8.43. The molecule has 0 radical (unpaired) electrons. The number of hydrogen-bond donors (Lipinski definition) is 0. The molecular formula is C7H6INO2. The Morgan fingerprint density at radius 3 is 2.64 bits per heavy atom. The Bertz CT molecular complexity index is 298. The molecule has 58 valence electrons. The summed E-state index contributed by atoms with van der Waals surface area (Å²) in [4.78, 5) is 9.97. The molecule has 0 spiro atoms. The van der Waals surface area contributed by atoms with Gasteiger partial charge < -0.3 is 0 Å². The van der Waals surface area contributed by atoms with Gasteiger partial charge in [-0.25, -0.2) is 0 Å². The Morgan fingerprint density at radius 2 is 2.18 bits per heavy atom. The molecule has 0 aromatic heterocycles. The van der Waals surface area contributed by atoms with Gasteiger partial charge in [0.1, 0.15) is 0 Å². The van der Waals surface area contributed by atoms with Gasteiger partial charge in [-0.15, -0.1) is 0 Å². The zero-order valence-corrected chi connectivity index (χ0v) is 8.03. The molecule has 0 atom stereocenters. The number of nitro benzene ring substituents is 1. The van der Waals surface area contributed by atoms with E-state index in [2.05, 4.69) is 22.6 Å². The third kappa shape index (κ3) is 1.89. The number of halogens is 1. The van der Waals surface area contributed by atoms with E-state index in [4.69, 9.17) is 0 Å². The van der Waals surface area contributed by atoms with E-state index in [-0.39, 0.29) is 10.6 Å². The highest BCUT2D eigenvalue weighted by molar-refractivity contribution is 14.1. The minimum atomic E-state index is -0.370. The third-order valence-electron chi connectivity index (χ3n) is 1.36. The van der Waals surface area contributed by atoms with Crippen LogP contribution >= 0.6 is 22.6 Å². The van der Waals surface area contributed by atoms with Crippen LogP contribution < -0.4 is 0 Å². The summed E-state index contributed by atoms with van der Waals surface area (Å²) in [5, 5.41) is 10.3. The summed E-state index contributed by atoms with van der Waals surface area (Å²) in [5.74, 6) is 0. The Labute approximate surface area is 77.7 Å². The van der Waals surface area contributed by atoms with E-state index in [0.29, 0.717) is 5.56 Å². The predicted octanol–water partition coefficient (Wildman–Crippen LogP) is 2.51. The second-order valence-electron chi connectivity index (χ2n) is 2.19. The smallest absolute Gasteiger partial charge is 0.258 e. The Hall–Kier alpha value is -0.650. The number of nitro groups is 1. The van der Waals surface area contributed by atoms with E-state index in [0.717, 1.165) is 3.57 Å². The molecule has 4 heteroatoms. The highest BCUT2D eigenvalue weighted by atomic mass is 127. The molecule has 11 heavy (non-hydrogen) atoms. The SMILES string of the molecule is Cc1cc(I)ccc1[N+](=O)[O-]. The molecule has 0 N–H and O–H groups in total. The minimum Gasteiger partial charge on any atom is -0.258 e. The van der Waals surface area contributed by atoms with Crippen LogP contribution in [0.25, 0.3) is 0 Å². The molecule has 0 saturated heterocycles.